The van der Waals surface area contributed by atoms with E-state index in [-0.39, 0.29) is 6.04 Å². The van der Waals surface area contributed by atoms with Crippen LogP contribution in [0.3, 0.4) is 0 Å². The van der Waals surface area contributed by atoms with Crippen LogP contribution in [0.4, 0.5) is 19.0 Å². The predicted molar refractivity (Wildman–Crippen MR) is 114 cm³/mol. The minimum Gasteiger partial charge on any atom is -0.367 e. The quantitative estimate of drug-likeness (QED) is 0.558. The average molecular weight is 491 g/mol. The summed E-state index contributed by atoms with van der Waals surface area (Å²) in [4.78, 5) is 10.7. The molecule has 0 spiro atoms. The molecule has 6 nitrogen and oxygen atoms in total. The molecule has 31 heavy (non-hydrogen) atoms. The molecule has 4 rings (SSSR count). The summed E-state index contributed by atoms with van der Waals surface area (Å²) in [6, 6.07) is 7.07. The Morgan fingerprint density at radius 1 is 1.19 bits per heavy atom. The van der Waals surface area contributed by atoms with Crippen molar-refractivity contribution in [1.82, 2.24) is 14.9 Å². The lowest BCUT2D eigenvalue weighted by Crippen LogP contribution is -2.38. The van der Waals surface area contributed by atoms with Gasteiger partial charge in [-0.1, -0.05) is 23.7 Å². The first-order valence-electron chi connectivity index (χ1n) is 9.43. The average Bonchev–Trinajstić information content (AvgIpc) is 3.10. The Balaban J connectivity index is 1.38. The Hall–Kier alpha value is -1.95. The molecule has 166 valence electrons. The maximum atomic E-state index is 12.8. The molecule has 1 fully saturated rings. The van der Waals surface area contributed by atoms with Crippen LogP contribution in [0.2, 0.25) is 4.34 Å². The number of likely N-dealkylation sites (tertiary alicyclic amines) is 1. The minimum absolute atomic E-state index is 0.185. The molecule has 1 aliphatic rings. The number of piperidine rings is 1. The van der Waals surface area contributed by atoms with E-state index < -0.39 is 20.2 Å². The fourth-order valence-electron chi connectivity index (χ4n) is 3.57. The number of rotatable bonds is 5. The smallest absolute Gasteiger partial charge is 0.367 e. The van der Waals surface area contributed by atoms with Crippen molar-refractivity contribution in [1.29, 1.82) is 0 Å². The zero-order chi connectivity index (χ0) is 22.2. The highest BCUT2D eigenvalue weighted by molar-refractivity contribution is 7.92. The van der Waals surface area contributed by atoms with Crippen molar-refractivity contribution in [3.8, 4) is 0 Å². The Labute approximate surface area is 186 Å². The number of hydrogen-bond donors (Lipinski definition) is 1. The Morgan fingerprint density at radius 2 is 1.94 bits per heavy atom. The van der Waals surface area contributed by atoms with Gasteiger partial charge in [0.25, 0.3) is 9.84 Å². The summed E-state index contributed by atoms with van der Waals surface area (Å²) < 4.78 is 62.4. The van der Waals surface area contributed by atoms with Crippen molar-refractivity contribution < 1.29 is 21.6 Å². The number of alkyl halides is 3. The zero-order valence-electron chi connectivity index (χ0n) is 16.1. The number of fused-ring (bicyclic) bond motifs is 1. The molecule has 1 saturated heterocycles. The van der Waals surface area contributed by atoms with Gasteiger partial charge in [0, 0.05) is 25.7 Å². The molecule has 0 radical (unpaired) electrons. The van der Waals surface area contributed by atoms with E-state index in [1.165, 1.54) is 23.7 Å². The third kappa shape index (κ3) is 4.79. The van der Waals surface area contributed by atoms with E-state index in [1.807, 2.05) is 6.07 Å². The molecule has 0 saturated carbocycles. The monoisotopic (exact) mass is 490 g/mol. The number of aromatic nitrogens is 2. The second-order valence-corrected chi connectivity index (χ2v) is 10.9. The number of halogens is 4. The van der Waals surface area contributed by atoms with Gasteiger partial charge in [-0.05, 0) is 36.6 Å². The zero-order valence-corrected chi connectivity index (χ0v) is 18.5. The maximum absolute atomic E-state index is 12.8. The summed E-state index contributed by atoms with van der Waals surface area (Å²) in [6.07, 6.45) is 3.11. The summed E-state index contributed by atoms with van der Waals surface area (Å²) in [6.45, 7) is 1.81. The van der Waals surface area contributed by atoms with E-state index in [4.69, 9.17) is 11.6 Å². The summed E-state index contributed by atoms with van der Waals surface area (Å²) in [5.41, 5.74) is -4.78. The van der Waals surface area contributed by atoms with Gasteiger partial charge in [-0.3, -0.25) is 4.90 Å². The highest BCUT2D eigenvalue weighted by atomic mass is 35.5. The Morgan fingerprint density at radius 3 is 2.65 bits per heavy atom. The predicted octanol–water partition coefficient (Wildman–Crippen LogP) is 4.71. The van der Waals surface area contributed by atoms with Gasteiger partial charge in [0.1, 0.15) is 17.0 Å². The molecule has 0 bridgehead atoms. The van der Waals surface area contributed by atoms with E-state index in [9.17, 15) is 21.6 Å². The molecule has 3 heterocycles. The normalized spacial score (nSPS) is 16.6. The van der Waals surface area contributed by atoms with Crippen LogP contribution < -0.4 is 5.32 Å². The fraction of sp³-hybridized carbons (Fsp3) is 0.368. The van der Waals surface area contributed by atoms with Crippen molar-refractivity contribution >= 4 is 48.8 Å². The minimum atomic E-state index is -5.35. The molecule has 2 aromatic heterocycles. The number of hydrogen-bond acceptors (Lipinski definition) is 7. The molecular formula is C19H18ClF3N4O2S2. The Kier molecular flexibility index (Phi) is 6.12. The highest BCUT2D eigenvalue weighted by Gasteiger charge is 2.46. The molecule has 12 heteroatoms. The number of anilines is 1. The number of nitrogens with one attached hydrogen (secondary N) is 1. The lowest BCUT2D eigenvalue weighted by atomic mass is 10.0. The second kappa shape index (κ2) is 8.53. The van der Waals surface area contributed by atoms with Crippen LogP contribution >= 0.6 is 22.9 Å². The summed E-state index contributed by atoms with van der Waals surface area (Å²) in [7, 11) is -5.35. The van der Waals surface area contributed by atoms with Gasteiger partial charge in [0.05, 0.1) is 14.6 Å². The van der Waals surface area contributed by atoms with Crippen LogP contribution in [0.25, 0.3) is 10.2 Å². The van der Waals surface area contributed by atoms with Crippen molar-refractivity contribution in [3.63, 3.8) is 0 Å². The van der Waals surface area contributed by atoms with Crippen molar-refractivity contribution in [2.24, 2.45) is 0 Å². The van der Waals surface area contributed by atoms with E-state index in [1.54, 1.807) is 6.07 Å². The van der Waals surface area contributed by atoms with Crippen LogP contribution in [0, 0.1) is 0 Å². The van der Waals surface area contributed by atoms with Gasteiger partial charge in [-0.15, -0.1) is 11.3 Å². The Bertz CT molecular complexity index is 1190. The van der Waals surface area contributed by atoms with Crippen LogP contribution in [0.1, 0.15) is 18.4 Å². The molecule has 0 unspecified atom stereocenters. The summed E-state index contributed by atoms with van der Waals surface area (Å²) in [5.74, 6) is 0.733. The molecule has 0 aliphatic carbocycles. The molecule has 3 aromatic rings. The van der Waals surface area contributed by atoms with E-state index in [0.717, 1.165) is 41.0 Å². The third-order valence-electron chi connectivity index (χ3n) is 5.15. The van der Waals surface area contributed by atoms with Gasteiger partial charge in [0.15, 0.2) is 0 Å². The lowest BCUT2D eigenvalue weighted by Gasteiger charge is -2.32. The number of thiophene rings is 1. The van der Waals surface area contributed by atoms with Crippen LogP contribution in [0.15, 0.2) is 41.6 Å². The first kappa shape index (κ1) is 22.3. The lowest BCUT2D eigenvalue weighted by molar-refractivity contribution is -0.0436. The maximum Gasteiger partial charge on any atom is 0.501 e. The number of benzene rings is 1. The van der Waals surface area contributed by atoms with Crippen LogP contribution in [-0.2, 0) is 16.4 Å². The van der Waals surface area contributed by atoms with Crippen molar-refractivity contribution in [2.45, 2.75) is 35.8 Å². The SMILES string of the molecule is O=S(=O)(c1cccc(CN2CCC(Nc3ncnc4sc(Cl)cc34)CC2)c1)C(F)(F)F. The van der Waals surface area contributed by atoms with Gasteiger partial charge >= 0.3 is 5.51 Å². The second-order valence-electron chi connectivity index (χ2n) is 7.28. The highest BCUT2D eigenvalue weighted by Crippen LogP contribution is 2.33. The van der Waals surface area contributed by atoms with E-state index in [2.05, 4.69) is 20.2 Å². The number of nitrogens with zero attached hydrogens (tertiary/aromatic N) is 3. The molecule has 0 atom stereocenters. The van der Waals surface area contributed by atoms with E-state index in [0.29, 0.717) is 29.5 Å². The van der Waals surface area contributed by atoms with Crippen molar-refractivity contribution in [2.75, 3.05) is 18.4 Å². The molecular weight excluding hydrogens is 473 g/mol. The molecule has 1 aliphatic heterocycles. The molecule has 1 N–H and O–H groups in total. The van der Waals surface area contributed by atoms with Gasteiger partial charge < -0.3 is 5.32 Å². The topological polar surface area (TPSA) is 75.2 Å². The largest absolute Gasteiger partial charge is 0.501 e. The standard InChI is InChI=1S/C19H18ClF3N4O2S2/c20-16-9-15-17(24-11-25-18(15)30-16)26-13-4-6-27(7-5-13)10-12-2-1-3-14(8-12)31(28,29)19(21,22)23/h1-3,8-9,11,13H,4-7,10H2,(H,24,25,26). The van der Waals surface area contributed by atoms with Gasteiger partial charge in [-0.25, -0.2) is 18.4 Å². The first-order chi connectivity index (χ1) is 14.6. The molecule has 0 amide bonds. The third-order valence-corrected chi connectivity index (χ3v) is 7.80. The summed E-state index contributed by atoms with van der Waals surface area (Å²) in [5, 5.41) is 4.31. The summed E-state index contributed by atoms with van der Waals surface area (Å²) >= 11 is 7.46. The fourth-order valence-corrected chi connectivity index (χ4v) is 5.46. The van der Waals surface area contributed by atoms with Gasteiger partial charge in [0.2, 0.25) is 0 Å². The van der Waals surface area contributed by atoms with Crippen LogP contribution in [0.5, 0.6) is 0 Å². The van der Waals surface area contributed by atoms with E-state index >= 15 is 0 Å². The van der Waals surface area contributed by atoms with Gasteiger partial charge in [-0.2, -0.15) is 13.2 Å². The number of sulfone groups is 1. The molecule has 1 aromatic carbocycles. The van der Waals surface area contributed by atoms with Crippen molar-refractivity contribution in [3.05, 3.63) is 46.6 Å². The first-order valence-corrected chi connectivity index (χ1v) is 12.1. The van der Waals surface area contributed by atoms with Crippen LogP contribution in [-0.4, -0.2) is 47.9 Å².